The summed E-state index contributed by atoms with van der Waals surface area (Å²) in [5, 5.41) is 0.622. The first-order chi connectivity index (χ1) is 6.43. The normalized spacial score (nSPS) is 14.6. The van der Waals surface area contributed by atoms with Gasteiger partial charge in [0.15, 0.2) is 0 Å². The zero-order valence-electron chi connectivity index (χ0n) is 8.79. The van der Waals surface area contributed by atoms with Crippen molar-refractivity contribution in [3.05, 3.63) is 0 Å². The molecule has 0 aliphatic rings. The average molecular weight is 288 g/mol. The van der Waals surface area contributed by atoms with E-state index in [4.69, 9.17) is 4.74 Å². The number of nitrogens with one attached hydrogen (secondary N) is 1. The standard InChI is InChI=1S/C8H18BrNO3S/c1-7(2)8(6-9)10-14(11,12)5-4-13-3/h7-8,10H,4-6H2,1-3H3. The Bertz CT molecular complexity index is 241. The third kappa shape index (κ3) is 5.95. The highest BCUT2D eigenvalue weighted by Crippen LogP contribution is 2.06. The van der Waals surface area contributed by atoms with Gasteiger partial charge in [-0.3, -0.25) is 0 Å². The van der Waals surface area contributed by atoms with Crippen molar-refractivity contribution in [3.8, 4) is 0 Å². The van der Waals surface area contributed by atoms with Crippen LogP contribution in [0.4, 0.5) is 0 Å². The van der Waals surface area contributed by atoms with Crippen LogP contribution >= 0.6 is 15.9 Å². The van der Waals surface area contributed by atoms with Gasteiger partial charge in [0.1, 0.15) is 0 Å². The van der Waals surface area contributed by atoms with Crippen LogP contribution in [0.25, 0.3) is 0 Å². The van der Waals surface area contributed by atoms with Gasteiger partial charge in [0, 0.05) is 18.5 Å². The van der Waals surface area contributed by atoms with E-state index in [0.29, 0.717) is 5.33 Å². The van der Waals surface area contributed by atoms with Gasteiger partial charge in [0.25, 0.3) is 0 Å². The number of hydrogen-bond acceptors (Lipinski definition) is 3. The molecule has 1 unspecified atom stereocenters. The first-order valence-electron chi connectivity index (χ1n) is 4.48. The van der Waals surface area contributed by atoms with E-state index in [1.54, 1.807) is 0 Å². The van der Waals surface area contributed by atoms with Crippen molar-refractivity contribution >= 4 is 26.0 Å². The van der Waals surface area contributed by atoms with E-state index >= 15 is 0 Å². The summed E-state index contributed by atoms with van der Waals surface area (Å²) < 4.78 is 30.2. The van der Waals surface area contributed by atoms with E-state index < -0.39 is 10.0 Å². The van der Waals surface area contributed by atoms with Crippen LogP contribution in [0.5, 0.6) is 0 Å². The molecule has 1 atom stereocenters. The summed E-state index contributed by atoms with van der Waals surface area (Å²) in [6.45, 7) is 4.18. The van der Waals surface area contributed by atoms with Gasteiger partial charge in [0.05, 0.1) is 12.4 Å². The monoisotopic (exact) mass is 287 g/mol. The number of rotatable bonds is 7. The van der Waals surface area contributed by atoms with E-state index in [9.17, 15) is 8.42 Å². The summed E-state index contributed by atoms with van der Waals surface area (Å²) in [6.07, 6.45) is 0. The van der Waals surface area contributed by atoms with Gasteiger partial charge in [-0.1, -0.05) is 29.8 Å². The molecule has 0 bridgehead atoms. The molecular formula is C8H18BrNO3S. The summed E-state index contributed by atoms with van der Waals surface area (Å²) >= 11 is 3.28. The minimum atomic E-state index is -3.21. The molecule has 0 radical (unpaired) electrons. The first kappa shape index (κ1) is 14.3. The highest BCUT2D eigenvalue weighted by atomic mass is 79.9. The Labute approximate surface area is 94.6 Å². The number of hydrogen-bond donors (Lipinski definition) is 1. The number of alkyl halides is 1. The van der Waals surface area contributed by atoms with Crippen LogP contribution in [-0.4, -0.2) is 39.3 Å². The van der Waals surface area contributed by atoms with Crippen molar-refractivity contribution in [2.75, 3.05) is 24.8 Å². The summed E-state index contributed by atoms with van der Waals surface area (Å²) in [5.74, 6) is 0.284. The molecule has 86 valence electrons. The van der Waals surface area contributed by atoms with Gasteiger partial charge in [-0.05, 0) is 5.92 Å². The van der Waals surface area contributed by atoms with Crippen LogP contribution in [0, 0.1) is 5.92 Å². The molecular weight excluding hydrogens is 270 g/mol. The molecule has 0 rings (SSSR count). The lowest BCUT2D eigenvalue weighted by molar-refractivity contribution is 0.216. The minimum absolute atomic E-state index is 0.0136. The van der Waals surface area contributed by atoms with Crippen molar-refractivity contribution in [1.82, 2.24) is 4.72 Å². The Kier molecular flexibility index (Phi) is 6.93. The smallest absolute Gasteiger partial charge is 0.214 e. The zero-order valence-corrected chi connectivity index (χ0v) is 11.2. The van der Waals surface area contributed by atoms with Gasteiger partial charge in [-0.2, -0.15) is 0 Å². The topological polar surface area (TPSA) is 55.4 Å². The fourth-order valence-corrected chi connectivity index (χ4v) is 3.27. The Morgan fingerprint density at radius 1 is 1.43 bits per heavy atom. The average Bonchev–Trinajstić information content (AvgIpc) is 2.10. The molecule has 0 aromatic heterocycles. The van der Waals surface area contributed by atoms with E-state index in [1.807, 2.05) is 13.8 Å². The van der Waals surface area contributed by atoms with Crippen LogP contribution in [0.2, 0.25) is 0 Å². The van der Waals surface area contributed by atoms with Crippen LogP contribution in [0.3, 0.4) is 0 Å². The number of sulfonamides is 1. The summed E-state index contributed by atoms with van der Waals surface area (Å²) in [6, 6.07) is -0.0585. The van der Waals surface area contributed by atoms with E-state index in [-0.39, 0.29) is 24.3 Å². The van der Waals surface area contributed by atoms with Gasteiger partial charge < -0.3 is 4.74 Å². The molecule has 0 aromatic rings. The molecule has 14 heavy (non-hydrogen) atoms. The van der Waals surface area contributed by atoms with Gasteiger partial charge in [-0.15, -0.1) is 0 Å². The molecule has 0 fully saturated rings. The Morgan fingerprint density at radius 3 is 2.36 bits per heavy atom. The Balaban J connectivity index is 4.18. The molecule has 4 nitrogen and oxygen atoms in total. The largest absolute Gasteiger partial charge is 0.384 e. The van der Waals surface area contributed by atoms with Crippen molar-refractivity contribution in [1.29, 1.82) is 0 Å². The molecule has 0 saturated heterocycles. The van der Waals surface area contributed by atoms with Gasteiger partial charge in [0.2, 0.25) is 10.0 Å². The van der Waals surface area contributed by atoms with E-state index in [0.717, 1.165) is 0 Å². The fraction of sp³-hybridized carbons (Fsp3) is 1.00. The Hall–Kier alpha value is 0.350. The highest BCUT2D eigenvalue weighted by Gasteiger charge is 2.19. The molecule has 6 heteroatoms. The molecule has 0 aliphatic heterocycles. The highest BCUT2D eigenvalue weighted by molar-refractivity contribution is 9.09. The second kappa shape index (κ2) is 6.76. The van der Waals surface area contributed by atoms with Crippen LogP contribution in [0.15, 0.2) is 0 Å². The van der Waals surface area contributed by atoms with Gasteiger partial charge in [-0.25, -0.2) is 13.1 Å². The third-order valence-corrected chi connectivity index (χ3v) is 3.92. The predicted molar refractivity (Wildman–Crippen MR) is 61.2 cm³/mol. The summed E-state index contributed by atoms with van der Waals surface area (Å²) in [5.41, 5.74) is 0. The van der Waals surface area contributed by atoms with Crippen molar-refractivity contribution < 1.29 is 13.2 Å². The van der Waals surface area contributed by atoms with E-state index in [1.165, 1.54) is 7.11 Å². The lowest BCUT2D eigenvalue weighted by atomic mass is 10.1. The molecule has 0 heterocycles. The second-order valence-corrected chi connectivity index (χ2v) is 5.96. The van der Waals surface area contributed by atoms with Crippen molar-refractivity contribution in [2.45, 2.75) is 19.9 Å². The van der Waals surface area contributed by atoms with Crippen molar-refractivity contribution in [2.24, 2.45) is 5.92 Å². The van der Waals surface area contributed by atoms with Crippen molar-refractivity contribution in [3.63, 3.8) is 0 Å². The second-order valence-electron chi connectivity index (χ2n) is 3.43. The number of halogens is 1. The SMILES string of the molecule is COCCS(=O)(=O)NC(CBr)C(C)C. The number of ether oxygens (including phenoxy) is 1. The van der Waals surface area contributed by atoms with Crippen LogP contribution in [0.1, 0.15) is 13.8 Å². The maximum Gasteiger partial charge on any atom is 0.214 e. The molecule has 0 saturated carbocycles. The maximum absolute atomic E-state index is 11.5. The quantitative estimate of drug-likeness (QED) is 0.710. The maximum atomic E-state index is 11.5. The third-order valence-electron chi connectivity index (χ3n) is 1.86. The minimum Gasteiger partial charge on any atom is -0.384 e. The van der Waals surface area contributed by atoms with Crippen LogP contribution < -0.4 is 4.72 Å². The Morgan fingerprint density at radius 2 is 2.00 bits per heavy atom. The molecule has 1 N–H and O–H groups in total. The predicted octanol–water partition coefficient (Wildman–Crippen LogP) is 0.972. The van der Waals surface area contributed by atoms with E-state index in [2.05, 4.69) is 20.7 Å². The number of methoxy groups -OCH3 is 1. The molecule has 0 spiro atoms. The van der Waals surface area contributed by atoms with Crippen LogP contribution in [-0.2, 0) is 14.8 Å². The van der Waals surface area contributed by atoms with Gasteiger partial charge >= 0.3 is 0 Å². The zero-order chi connectivity index (χ0) is 11.2. The lowest BCUT2D eigenvalue weighted by Gasteiger charge is -2.19. The summed E-state index contributed by atoms with van der Waals surface area (Å²) in [7, 11) is -1.72. The lowest BCUT2D eigenvalue weighted by Crippen LogP contribution is -2.41. The molecule has 0 aliphatic carbocycles. The molecule has 0 amide bonds. The molecule has 0 aromatic carbocycles. The fourth-order valence-electron chi connectivity index (χ4n) is 0.828. The summed E-state index contributed by atoms with van der Waals surface area (Å²) in [4.78, 5) is 0. The first-order valence-corrected chi connectivity index (χ1v) is 7.25.